The number of sulfonamides is 1. The van der Waals surface area contributed by atoms with Crippen molar-refractivity contribution in [1.29, 1.82) is 0 Å². The van der Waals surface area contributed by atoms with Crippen molar-refractivity contribution in [2.45, 2.75) is 36.9 Å². The molecule has 0 saturated carbocycles. The monoisotopic (exact) mass is 393 g/mol. The molecule has 1 fully saturated rings. The summed E-state index contributed by atoms with van der Waals surface area (Å²) in [5.41, 5.74) is 4.77. The van der Waals surface area contributed by atoms with E-state index in [-0.39, 0.29) is 6.04 Å². The third-order valence-electron chi connectivity index (χ3n) is 4.52. The number of halogens is 3. The Labute approximate surface area is 150 Å². The fraction of sp³-hybridized carbons (Fsp3) is 0.562. The number of carbonyl (C=O) groups is 1. The van der Waals surface area contributed by atoms with Crippen molar-refractivity contribution < 1.29 is 26.4 Å². The molecule has 1 aliphatic heterocycles. The number of likely N-dealkylation sites (tertiary alicyclic amines) is 1. The van der Waals surface area contributed by atoms with E-state index in [9.17, 15) is 26.4 Å². The van der Waals surface area contributed by atoms with Gasteiger partial charge in [0.05, 0.1) is 17.0 Å². The molecule has 1 saturated heterocycles. The second-order valence-electron chi connectivity index (χ2n) is 6.43. The van der Waals surface area contributed by atoms with E-state index >= 15 is 0 Å². The Bertz CT molecular complexity index is 743. The molecule has 3 N–H and O–H groups in total. The summed E-state index contributed by atoms with van der Waals surface area (Å²) in [6, 6.07) is 3.42. The molecule has 0 radical (unpaired) electrons. The second-order valence-corrected chi connectivity index (χ2v) is 8.19. The number of benzene rings is 1. The van der Waals surface area contributed by atoms with Crippen LogP contribution >= 0.6 is 0 Å². The first-order valence-corrected chi connectivity index (χ1v) is 9.69. The minimum Gasteiger partial charge on any atom is -0.342 e. The van der Waals surface area contributed by atoms with Crippen molar-refractivity contribution in [3.8, 4) is 0 Å². The van der Waals surface area contributed by atoms with Crippen molar-refractivity contribution >= 4 is 15.9 Å². The van der Waals surface area contributed by atoms with Gasteiger partial charge in [0, 0.05) is 19.1 Å². The first-order valence-electron chi connectivity index (χ1n) is 8.21. The van der Waals surface area contributed by atoms with Crippen molar-refractivity contribution in [1.82, 2.24) is 9.62 Å². The molecule has 2 rings (SSSR count). The standard InChI is InChI=1S/C16H22F3N3O3S/c1-11(20)12-5-7-22(8-6-12)15(23)10-21-26(24,25)14-4-2-3-13(9-14)16(17,18)19/h2-4,9,11-12,21H,5-8,10,20H2,1H3. The van der Waals surface area contributed by atoms with E-state index in [0.717, 1.165) is 31.0 Å². The van der Waals surface area contributed by atoms with Crippen molar-refractivity contribution in [2.75, 3.05) is 19.6 Å². The van der Waals surface area contributed by atoms with Crippen LogP contribution in [-0.4, -0.2) is 44.9 Å². The first kappa shape index (κ1) is 20.7. The zero-order chi connectivity index (χ0) is 19.5. The van der Waals surface area contributed by atoms with E-state index < -0.39 is 39.1 Å². The third-order valence-corrected chi connectivity index (χ3v) is 5.92. The minimum atomic E-state index is -4.65. The summed E-state index contributed by atoms with van der Waals surface area (Å²) in [5.74, 6) is -0.0930. The van der Waals surface area contributed by atoms with Crippen LogP contribution in [0.15, 0.2) is 29.2 Å². The number of alkyl halides is 3. The van der Waals surface area contributed by atoms with Gasteiger partial charge in [-0.1, -0.05) is 6.07 Å². The quantitative estimate of drug-likeness (QED) is 0.794. The molecule has 0 spiro atoms. The van der Waals surface area contributed by atoms with Crippen LogP contribution in [0.4, 0.5) is 13.2 Å². The predicted molar refractivity (Wildman–Crippen MR) is 89.6 cm³/mol. The second kappa shape index (κ2) is 7.93. The normalized spacial score (nSPS) is 18.0. The maximum Gasteiger partial charge on any atom is 0.416 e. The summed E-state index contributed by atoms with van der Waals surface area (Å²) in [5, 5.41) is 0. The molecule has 0 aliphatic carbocycles. The summed E-state index contributed by atoms with van der Waals surface area (Å²) in [6.45, 7) is 2.37. The highest BCUT2D eigenvalue weighted by Gasteiger charge is 2.32. The topological polar surface area (TPSA) is 92.5 Å². The molecular weight excluding hydrogens is 371 g/mol. The molecule has 1 aromatic rings. The molecule has 1 amide bonds. The zero-order valence-electron chi connectivity index (χ0n) is 14.3. The average Bonchev–Trinajstić information content (AvgIpc) is 2.59. The fourth-order valence-electron chi connectivity index (χ4n) is 2.87. The summed E-state index contributed by atoms with van der Waals surface area (Å²) in [7, 11) is -4.22. The molecule has 1 aliphatic rings. The summed E-state index contributed by atoms with van der Waals surface area (Å²) < 4.78 is 64.6. The molecule has 26 heavy (non-hydrogen) atoms. The highest BCUT2D eigenvalue weighted by atomic mass is 32.2. The van der Waals surface area contributed by atoms with Crippen LogP contribution in [0.25, 0.3) is 0 Å². The van der Waals surface area contributed by atoms with Gasteiger partial charge in [-0.15, -0.1) is 0 Å². The fourth-order valence-corrected chi connectivity index (χ4v) is 3.89. The van der Waals surface area contributed by atoms with Gasteiger partial charge in [-0.3, -0.25) is 4.79 Å². The van der Waals surface area contributed by atoms with Crippen LogP contribution in [0.1, 0.15) is 25.3 Å². The van der Waals surface area contributed by atoms with Gasteiger partial charge in [-0.05, 0) is 43.9 Å². The largest absolute Gasteiger partial charge is 0.416 e. The van der Waals surface area contributed by atoms with Gasteiger partial charge in [-0.25, -0.2) is 13.1 Å². The van der Waals surface area contributed by atoms with Crippen LogP contribution < -0.4 is 10.5 Å². The molecule has 10 heteroatoms. The molecular formula is C16H22F3N3O3S. The maximum atomic E-state index is 12.7. The van der Waals surface area contributed by atoms with Crippen LogP contribution in [0.3, 0.4) is 0 Å². The number of amides is 1. The molecule has 1 unspecified atom stereocenters. The summed E-state index contributed by atoms with van der Waals surface area (Å²) in [4.78, 5) is 13.2. The Balaban J connectivity index is 1.97. The van der Waals surface area contributed by atoms with E-state index in [2.05, 4.69) is 4.72 Å². The van der Waals surface area contributed by atoms with Gasteiger partial charge >= 0.3 is 6.18 Å². The molecule has 1 aromatic carbocycles. The van der Waals surface area contributed by atoms with Gasteiger partial charge in [0.2, 0.25) is 15.9 Å². The number of nitrogens with zero attached hydrogens (tertiary/aromatic N) is 1. The lowest BCUT2D eigenvalue weighted by Crippen LogP contribution is -2.46. The molecule has 146 valence electrons. The van der Waals surface area contributed by atoms with Crippen molar-refractivity contribution in [3.63, 3.8) is 0 Å². The van der Waals surface area contributed by atoms with E-state index in [0.29, 0.717) is 25.1 Å². The number of hydrogen-bond acceptors (Lipinski definition) is 4. The van der Waals surface area contributed by atoms with Gasteiger partial charge in [-0.2, -0.15) is 13.2 Å². The number of carbonyl (C=O) groups excluding carboxylic acids is 1. The minimum absolute atomic E-state index is 0.0339. The third kappa shape index (κ3) is 5.18. The highest BCUT2D eigenvalue weighted by molar-refractivity contribution is 7.89. The maximum absolute atomic E-state index is 12.7. The van der Waals surface area contributed by atoms with Crippen LogP contribution in [-0.2, 0) is 21.0 Å². The number of nitrogens with one attached hydrogen (secondary N) is 1. The van der Waals surface area contributed by atoms with Crippen molar-refractivity contribution in [2.24, 2.45) is 11.7 Å². The van der Waals surface area contributed by atoms with E-state index in [1.54, 1.807) is 0 Å². The predicted octanol–water partition coefficient (Wildman–Crippen LogP) is 1.57. The van der Waals surface area contributed by atoms with Crippen LogP contribution in [0, 0.1) is 5.92 Å². The molecule has 0 bridgehead atoms. The number of piperidine rings is 1. The van der Waals surface area contributed by atoms with E-state index in [1.165, 1.54) is 4.90 Å². The molecule has 6 nitrogen and oxygen atoms in total. The van der Waals surface area contributed by atoms with Crippen LogP contribution in [0.2, 0.25) is 0 Å². The number of nitrogens with two attached hydrogens (primary N) is 1. The Morgan fingerprint density at radius 1 is 1.35 bits per heavy atom. The van der Waals surface area contributed by atoms with Gasteiger partial charge in [0.15, 0.2) is 0 Å². The average molecular weight is 393 g/mol. The van der Waals surface area contributed by atoms with E-state index in [1.807, 2.05) is 6.92 Å². The first-order chi connectivity index (χ1) is 12.0. The SMILES string of the molecule is CC(N)C1CCN(C(=O)CNS(=O)(=O)c2cccc(C(F)(F)F)c2)CC1. The summed E-state index contributed by atoms with van der Waals surface area (Å²) >= 11 is 0. The molecule has 1 atom stereocenters. The highest BCUT2D eigenvalue weighted by Crippen LogP contribution is 2.30. The lowest BCUT2D eigenvalue weighted by atomic mass is 9.91. The summed E-state index contributed by atoms with van der Waals surface area (Å²) in [6.07, 6.45) is -3.17. The number of rotatable bonds is 5. The Kier molecular flexibility index (Phi) is 6.30. The lowest BCUT2D eigenvalue weighted by Gasteiger charge is -2.33. The van der Waals surface area contributed by atoms with E-state index in [4.69, 9.17) is 5.73 Å². The zero-order valence-corrected chi connectivity index (χ0v) is 15.1. The lowest BCUT2D eigenvalue weighted by molar-refractivity contribution is -0.137. The Morgan fingerprint density at radius 3 is 2.50 bits per heavy atom. The molecule has 0 aromatic heterocycles. The number of hydrogen-bond donors (Lipinski definition) is 2. The van der Waals surface area contributed by atoms with Crippen molar-refractivity contribution in [3.05, 3.63) is 29.8 Å². The van der Waals surface area contributed by atoms with Gasteiger partial charge in [0.25, 0.3) is 0 Å². The van der Waals surface area contributed by atoms with Gasteiger partial charge in [0.1, 0.15) is 0 Å². The Morgan fingerprint density at radius 2 is 1.96 bits per heavy atom. The Hall–Kier alpha value is -1.65. The van der Waals surface area contributed by atoms with Crippen LogP contribution in [0.5, 0.6) is 0 Å². The smallest absolute Gasteiger partial charge is 0.342 e. The molecule has 1 heterocycles. The van der Waals surface area contributed by atoms with Gasteiger partial charge < -0.3 is 10.6 Å².